The molecule has 0 aromatic rings. The minimum atomic E-state index is -3.41. The van der Waals surface area contributed by atoms with E-state index in [1.807, 2.05) is 0 Å². The molecule has 2 N–H and O–H groups in total. The Morgan fingerprint density at radius 2 is 1.79 bits per heavy atom. The van der Waals surface area contributed by atoms with Crippen LogP contribution in [-0.4, -0.2) is 66.7 Å². The largest absolute Gasteiger partial charge is 0.332 e. The number of amides is 3. The van der Waals surface area contributed by atoms with Gasteiger partial charge in [-0.3, -0.25) is 4.79 Å². The van der Waals surface area contributed by atoms with E-state index >= 15 is 0 Å². The minimum absolute atomic E-state index is 0.107. The first kappa shape index (κ1) is 22.6. The van der Waals surface area contributed by atoms with E-state index in [0.717, 1.165) is 32.0 Å². The number of carbonyl (C=O) groups is 3. The molecule has 0 aromatic heterocycles. The summed E-state index contributed by atoms with van der Waals surface area (Å²) in [7, 11) is -3.41. The van der Waals surface area contributed by atoms with Gasteiger partial charge in [0.15, 0.2) is 9.84 Å². The summed E-state index contributed by atoms with van der Waals surface area (Å²) >= 11 is 0. The smallest absolute Gasteiger partial charge is 0.315 e. The number of urea groups is 1. The van der Waals surface area contributed by atoms with Gasteiger partial charge in [-0.25, -0.2) is 13.2 Å². The topological polar surface area (TPSA) is 113 Å². The Morgan fingerprint density at radius 1 is 1.14 bits per heavy atom. The molecule has 0 spiro atoms. The standard InChI is InChI=1S/C19H33N3O5S/c1-18(2,3)28(26,27)14-19(9-5-4-6-10-19)21-17(25)20-12-16(24)22-11-7-8-15(22)13-23/h13,15H,4-12,14H2,1-3H3,(H2,20,21,25)/t15-/m0/s1. The SMILES string of the molecule is CC(C)(C)S(=O)(=O)CC1(NC(=O)NCC(=O)N2CCC[C@H]2C=O)CCCCC1. The molecule has 9 heteroatoms. The van der Waals surface area contributed by atoms with Gasteiger partial charge in [0, 0.05) is 6.54 Å². The Kier molecular flexibility index (Phi) is 7.12. The maximum atomic E-state index is 12.8. The quantitative estimate of drug-likeness (QED) is 0.637. The Bertz CT molecular complexity index is 693. The fourth-order valence-electron chi connectivity index (χ4n) is 3.90. The number of nitrogens with zero attached hydrogens (tertiary/aromatic N) is 1. The highest BCUT2D eigenvalue weighted by molar-refractivity contribution is 7.92. The molecule has 160 valence electrons. The molecule has 2 fully saturated rings. The summed E-state index contributed by atoms with van der Waals surface area (Å²) < 4.78 is 24.6. The lowest BCUT2D eigenvalue weighted by atomic mass is 9.83. The number of hydrogen-bond acceptors (Lipinski definition) is 5. The van der Waals surface area contributed by atoms with E-state index in [9.17, 15) is 22.8 Å². The highest BCUT2D eigenvalue weighted by Gasteiger charge is 2.42. The molecule has 0 radical (unpaired) electrons. The normalized spacial score (nSPS) is 22.5. The van der Waals surface area contributed by atoms with Crippen molar-refractivity contribution in [3.8, 4) is 0 Å². The zero-order valence-electron chi connectivity index (χ0n) is 17.1. The van der Waals surface area contributed by atoms with Gasteiger partial charge in [0.05, 0.1) is 28.6 Å². The van der Waals surface area contributed by atoms with Crippen LogP contribution < -0.4 is 10.6 Å². The first-order chi connectivity index (χ1) is 13.0. The van der Waals surface area contributed by atoms with Crippen LogP contribution in [-0.2, 0) is 19.4 Å². The molecule has 1 saturated heterocycles. The van der Waals surface area contributed by atoms with E-state index in [0.29, 0.717) is 25.8 Å². The second-order valence-electron chi connectivity index (χ2n) is 8.95. The fourth-order valence-corrected chi connectivity index (χ4v) is 5.42. The van der Waals surface area contributed by atoms with Gasteiger partial charge in [-0.15, -0.1) is 0 Å². The van der Waals surface area contributed by atoms with Crippen molar-refractivity contribution in [1.29, 1.82) is 0 Å². The molecule has 28 heavy (non-hydrogen) atoms. The van der Waals surface area contributed by atoms with E-state index in [4.69, 9.17) is 0 Å². The monoisotopic (exact) mass is 415 g/mol. The van der Waals surface area contributed by atoms with Crippen LogP contribution in [0, 0.1) is 0 Å². The van der Waals surface area contributed by atoms with Gasteiger partial charge in [0.25, 0.3) is 0 Å². The molecular formula is C19H33N3O5S. The summed E-state index contributed by atoms with van der Waals surface area (Å²) in [5.41, 5.74) is -0.809. The lowest BCUT2D eigenvalue weighted by Crippen LogP contribution is -2.59. The first-order valence-electron chi connectivity index (χ1n) is 10.0. The zero-order valence-corrected chi connectivity index (χ0v) is 17.9. The number of sulfone groups is 1. The van der Waals surface area contributed by atoms with Crippen molar-refractivity contribution >= 4 is 28.1 Å². The second kappa shape index (κ2) is 8.80. The maximum Gasteiger partial charge on any atom is 0.315 e. The summed E-state index contributed by atoms with van der Waals surface area (Å²) in [4.78, 5) is 37.3. The van der Waals surface area contributed by atoms with Gasteiger partial charge in [0.2, 0.25) is 5.91 Å². The van der Waals surface area contributed by atoms with E-state index in [-0.39, 0.29) is 18.2 Å². The van der Waals surface area contributed by atoms with Gasteiger partial charge in [-0.2, -0.15) is 0 Å². The Labute approximate surface area is 167 Å². The summed E-state index contributed by atoms with van der Waals surface area (Å²) in [5, 5.41) is 5.41. The first-order valence-corrected chi connectivity index (χ1v) is 11.7. The summed E-state index contributed by atoms with van der Waals surface area (Å²) in [6, 6.07) is -0.958. The molecule has 3 amide bonds. The number of likely N-dealkylation sites (tertiary alicyclic amines) is 1. The van der Waals surface area contributed by atoms with E-state index in [1.165, 1.54) is 4.90 Å². The molecule has 1 aliphatic carbocycles. The molecule has 8 nitrogen and oxygen atoms in total. The van der Waals surface area contributed by atoms with Crippen molar-refractivity contribution in [2.75, 3.05) is 18.8 Å². The van der Waals surface area contributed by atoms with Crippen LogP contribution >= 0.6 is 0 Å². The predicted molar refractivity (Wildman–Crippen MR) is 107 cm³/mol. The van der Waals surface area contributed by atoms with Gasteiger partial charge >= 0.3 is 6.03 Å². The number of rotatable bonds is 6. The number of carbonyl (C=O) groups excluding carboxylic acids is 3. The third kappa shape index (κ3) is 5.46. The van der Waals surface area contributed by atoms with Crippen molar-refractivity contribution in [3.05, 3.63) is 0 Å². The lowest BCUT2D eigenvalue weighted by molar-refractivity contribution is -0.133. The highest BCUT2D eigenvalue weighted by atomic mass is 32.2. The average Bonchev–Trinajstić information content (AvgIpc) is 3.07. The summed E-state index contributed by atoms with van der Waals surface area (Å²) in [5.74, 6) is -0.408. The van der Waals surface area contributed by atoms with E-state index in [1.54, 1.807) is 20.8 Å². The summed E-state index contributed by atoms with van der Waals surface area (Å²) in [6.07, 6.45) is 6.11. The Hall–Kier alpha value is -1.64. The van der Waals surface area contributed by atoms with E-state index in [2.05, 4.69) is 10.6 Å². The Balaban J connectivity index is 1.99. The van der Waals surface area contributed by atoms with Crippen molar-refractivity contribution in [2.45, 2.75) is 82.0 Å². The second-order valence-corrected chi connectivity index (χ2v) is 11.7. The Morgan fingerprint density at radius 3 is 2.36 bits per heavy atom. The van der Waals surface area contributed by atoms with Gasteiger partial charge < -0.3 is 20.3 Å². The van der Waals surface area contributed by atoms with Crippen LogP contribution in [0.1, 0.15) is 65.7 Å². The van der Waals surface area contributed by atoms with Crippen LogP contribution in [0.3, 0.4) is 0 Å². The number of aldehydes is 1. The summed E-state index contributed by atoms with van der Waals surface area (Å²) in [6.45, 7) is 5.29. The zero-order chi connectivity index (χ0) is 21.0. The highest BCUT2D eigenvalue weighted by Crippen LogP contribution is 2.32. The van der Waals surface area contributed by atoms with Crippen LogP contribution in [0.25, 0.3) is 0 Å². The number of nitrogens with one attached hydrogen (secondary N) is 2. The van der Waals surface area contributed by atoms with Crippen LogP contribution in [0.15, 0.2) is 0 Å². The van der Waals surface area contributed by atoms with Gasteiger partial charge in [-0.05, 0) is 46.5 Å². The molecule has 0 unspecified atom stereocenters. The van der Waals surface area contributed by atoms with Crippen LogP contribution in [0.2, 0.25) is 0 Å². The molecule has 0 bridgehead atoms. The average molecular weight is 416 g/mol. The van der Waals surface area contributed by atoms with Crippen molar-refractivity contribution in [3.63, 3.8) is 0 Å². The maximum absolute atomic E-state index is 12.8. The molecule has 1 saturated carbocycles. The molecule has 1 heterocycles. The van der Waals surface area contributed by atoms with Crippen molar-refractivity contribution in [1.82, 2.24) is 15.5 Å². The van der Waals surface area contributed by atoms with Gasteiger partial charge in [-0.1, -0.05) is 19.3 Å². The number of hydrogen-bond donors (Lipinski definition) is 2. The molecule has 2 rings (SSSR count). The predicted octanol–water partition coefficient (Wildman–Crippen LogP) is 1.39. The molecule has 1 atom stereocenters. The van der Waals surface area contributed by atoms with Crippen LogP contribution in [0.5, 0.6) is 0 Å². The molecule has 1 aliphatic heterocycles. The molecular weight excluding hydrogens is 382 g/mol. The molecule has 2 aliphatic rings. The third-order valence-electron chi connectivity index (χ3n) is 5.77. The minimum Gasteiger partial charge on any atom is -0.332 e. The fraction of sp³-hybridized carbons (Fsp3) is 0.842. The van der Waals surface area contributed by atoms with Gasteiger partial charge in [0.1, 0.15) is 6.29 Å². The third-order valence-corrected chi connectivity index (χ3v) is 8.56. The molecule has 0 aromatic carbocycles. The van der Waals surface area contributed by atoms with Crippen molar-refractivity contribution < 1.29 is 22.8 Å². The lowest BCUT2D eigenvalue weighted by Gasteiger charge is -2.39. The van der Waals surface area contributed by atoms with Crippen LogP contribution in [0.4, 0.5) is 4.79 Å². The van der Waals surface area contributed by atoms with E-state index < -0.39 is 32.2 Å². The van der Waals surface area contributed by atoms with Crippen molar-refractivity contribution in [2.24, 2.45) is 0 Å².